The highest BCUT2D eigenvalue weighted by molar-refractivity contribution is 7.88. The second kappa shape index (κ2) is 11.8. The van der Waals surface area contributed by atoms with Gasteiger partial charge in [-0.05, 0) is 57.2 Å². The van der Waals surface area contributed by atoms with Crippen LogP contribution in [-0.4, -0.2) is 62.3 Å². The zero-order chi connectivity index (χ0) is 23.1. The van der Waals surface area contributed by atoms with E-state index in [0.717, 1.165) is 19.5 Å². The van der Waals surface area contributed by atoms with Crippen LogP contribution < -0.4 is 5.32 Å². The van der Waals surface area contributed by atoms with Crippen LogP contribution in [0.3, 0.4) is 0 Å². The topological polar surface area (TPSA) is 69.7 Å². The highest BCUT2D eigenvalue weighted by atomic mass is 35.5. The predicted octanol–water partition coefficient (Wildman–Crippen LogP) is 3.79. The van der Waals surface area contributed by atoms with E-state index in [1.807, 2.05) is 0 Å². The SMILES string of the molecule is CC[C@H]1CCCCN1CCCNC(=O)C1CCN(S(=O)(=O)Cc2c(F)cccc2Cl)CC1. The van der Waals surface area contributed by atoms with Gasteiger partial charge in [-0.3, -0.25) is 4.79 Å². The highest BCUT2D eigenvalue weighted by Gasteiger charge is 2.32. The minimum atomic E-state index is -3.70. The summed E-state index contributed by atoms with van der Waals surface area (Å²) in [6.07, 6.45) is 6.89. The summed E-state index contributed by atoms with van der Waals surface area (Å²) < 4.78 is 40.8. The molecular formula is C23H35ClFN3O3S. The smallest absolute Gasteiger partial charge is 0.223 e. The number of likely N-dealkylation sites (tertiary alicyclic amines) is 1. The third-order valence-corrected chi connectivity index (χ3v) is 8.91. The number of rotatable bonds is 9. The van der Waals surface area contributed by atoms with Gasteiger partial charge in [0.2, 0.25) is 15.9 Å². The Balaban J connectivity index is 1.41. The third kappa shape index (κ3) is 6.65. The van der Waals surface area contributed by atoms with Gasteiger partial charge >= 0.3 is 0 Å². The molecule has 0 spiro atoms. The Morgan fingerprint density at radius 1 is 1.19 bits per heavy atom. The van der Waals surface area contributed by atoms with Gasteiger partial charge in [-0.2, -0.15) is 0 Å². The molecule has 1 amide bonds. The summed E-state index contributed by atoms with van der Waals surface area (Å²) in [6, 6.07) is 4.82. The lowest BCUT2D eigenvalue weighted by molar-refractivity contribution is -0.126. The van der Waals surface area contributed by atoms with Gasteiger partial charge in [0, 0.05) is 48.7 Å². The minimum absolute atomic E-state index is 0.00452. The van der Waals surface area contributed by atoms with Crippen molar-refractivity contribution in [2.45, 2.75) is 63.7 Å². The average Bonchev–Trinajstić information content (AvgIpc) is 2.79. The van der Waals surface area contributed by atoms with Crippen LogP contribution >= 0.6 is 11.6 Å². The summed E-state index contributed by atoms with van der Waals surface area (Å²) >= 11 is 5.99. The maximum Gasteiger partial charge on any atom is 0.223 e. The fourth-order valence-electron chi connectivity index (χ4n) is 4.79. The van der Waals surface area contributed by atoms with Crippen LogP contribution in [0.15, 0.2) is 18.2 Å². The van der Waals surface area contributed by atoms with E-state index in [2.05, 4.69) is 17.1 Å². The van der Waals surface area contributed by atoms with Crippen LogP contribution in [0.5, 0.6) is 0 Å². The van der Waals surface area contributed by atoms with E-state index in [4.69, 9.17) is 11.6 Å². The van der Waals surface area contributed by atoms with Gasteiger partial charge in [0.1, 0.15) is 5.82 Å². The van der Waals surface area contributed by atoms with Crippen LogP contribution in [-0.2, 0) is 20.6 Å². The Labute approximate surface area is 196 Å². The highest BCUT2D eigenvalue weighted by Crippen LogP contribution is 2.26. The fraction of sp³-hybridized carbons (Fsp3) is 0.696. The van der Waals surface area contributed by atoms with Gasteiger partial charge in [0.05, 0.1) is 5.75 Å². The summed E-state index contributed by atoms with van der Waals surface area (Å²) in [7, 11) is -3.70. The lowest BCUT2D eigenvalue weighted by Gasteiger charge is -2.35. The van der Waals surface area contributed by atoms with Crippen molar-refractivity contribution < 1.29 is 17.6 Å². The number of sulfonamides is 1. The lowest BCUT2D eigenvalue weighted by atomic mass is 9.97. The molecule has 1 N–H and O–H groups in total. The summed E-state index contributed by atoms with van der Waals surface area (Å²) in [4.78, 5) is 15.1. The van der Waals surface area contributed by atoms with Crippen molar-refractivity contribution in [2.75, 3.05) is 32.7 Å². The molecule has 2 heterocycles. The van der Waals surface area contributed by atoms with Crippen LogP contribution in [0, 0.1) is 11.7 Å². The Hall–Kier alpha value is -1.22. The normalized spacial score (nSPS) is 21.5. The predicted molar refractivity (Wildman–Crippen MR) is 125 cm³/mol. The van der Waals surface area contributed by atoms with Gasteiger partial charge in [-0.15, -0.1) is 0 Å². The number of carbonyl (C=O) groups is 1. The van der Waals surface area contributed by atoms with Crippen LogP contribution in [0.4, 0.5) is 4.39 Å². The zero-order valence-corrected chi connectivity index (χ0v) is 20.4. The largest absolute Gasteiger partial charge is 0.356 e. The summed E-state index contributed by atoms with van der Waals surface area (Å²) in [5.41, 5.74) is -0.00643. The molecule has 3 rings (SSSR count). The Morgan fingerprint density at radius 2 is 1.94 bits per heavy atom. The molecule has 0 unspecified atom stereocenters. The van der Waals surface area contributed by atoms with Crippen molar-refractivity contribution in [1.82, 2.24) is 14.5 Å². The first-order chi connectivity index (χ1) is 15.3. The first-order valence-electron chi connectivity index (χ1n) is 11.7. The number of nitrogens with one attached hydrogen (secondary N) is 1. The molecular weight excluding hydrogens is 453 g/mol. The second-order valence-electron chi connectivity index (χ2n) is 8.87. The van der Waals surface area contributed by atoms with Crippen LogP contribution in [0.25, 0.3) is 0 Å². The summed E-state index contributed by atoms with van der Waals surface area (Å²) in [5.74, 6) is -1.27. The molecule has 1 aromatic rings. The Morgan fingerprint density at radius 3 is 2.62 bits per heavy atom. The molecule has 0 radical (unpaired) electrons. The van der Waals surface area contributed by atoms with E-state index in [9.17, 15) is 17.6 Å². The van der Waals surface area contributed by atoms with Crippen molar-refractivity contribution >= 4 is 27.5 Å². The van der Waals surface area contributed by atoms with Gasteiger partial charge in [-0.1, -0.05) is 31.0 Å². The van der Waals surface area contributed by atoms with Crippen LogP contribution in [0.2, 0.25) is 5.02 Å². The molecule has 2 saturated heterocycles. The first-order valence-corrected chi connectivity index (χ1v) is 13.7. The maximum absolute atomic E-state index is 14.0. The Bertz CT molecular complexity index is 855. The molecule has 32 heavy (non-hydrogen) atoms. The lowest BCUT2D eigenvalue weighted by Crippen LogP contribution is -2.44. The van der Waals surface area contributed by atoms with Crippen LogP contribution in [0.1, 0.15) is 57.4 Å². The van der Waals surface area contributed by atoms with Crippen molar-refractivity contribution in [1.29, 1.82) is 0 Å². The molecule has 0 bridgehead atoms. The second-order valence-corrected chi connectivity index (χ2v) is 11.2. The van der Waals surface area contributed by atoms with Gasteiger partial charge < -0.3 is 10.2 Å². The average molecular weight is 488 g/mol. The molecule has 6 nitrogen and oxygen atoms in total. The quantitative estimate of drug-likeness (QED) is 0.538. The van der Waals surface area contributed by atoms with Gasteiger partial charge in [0.15, 0.2) is 0 Å². The molecule has 2 aliphatic heterocycles. The number of amides is 1. The standard InChI is InChI=1S/C23H35ClFN3O3S/c1-2-19-7-3-4-13-27(19)14-6-12-26-23(29)18-10-15-28(16-11-18)32(30,31)17-20-21(24)8-5-9-22(20)25/h5,8-9,18-19H,2-4,6-7,10-17H2,1H3,(H,26,29)/t19-/m0/s1. The minimum Gasteiger partial charge on any atom is -0.356 e. The van der Waals surface area contributed by atoms with Crippen molar-refractivity contribution in [3.05, 3.63) is 34.6 Å². The summed E-state index contributed by atoms with van der Waals surface area (Å²) in [6.45, 7) is 5.57. The van der Waals surface area contributed by atoms with E-state index >= 15 is 0 Å². The van der Waals surface area contributed by atoms with E-state index in [1.54, 1.807) is 0 Å². The van der Waals surface area contributed by atoms with E-state index in [0.29, 0.717) is 25.4 Å². The number of benzene rings is 1. The first kappa shape index (κ1) is 25.4. The molecule has 1 atom stereocenters. The number of hydrogen-bond acceptors (Lipinski definition) is 4. The third-order valence-electron chi connectivity index (χ3n) is 6.75. The molecule has 180 valence electrons. The zero-order valence-electron chi connectivity index (χ0n) is 18.9. The Kier molecular flexibility index (Phi) is 9.34. The number of nitrogens with zero attached hydrogens (tertiary/aromatic N) is 2. The fourth-order valence-corrected chi connectivity index (χ4v) is 6.71. The molecule has 1 aromatic carbocycles. The van der Waals surface area contributed by atoms with Gasteiger partial charge in [-0.25, -0.2) is 17.1 Å². The van der Waals surface area contributed by atoms with E-state index < -0.39 is 21.6 Å². The van der Waals surface area contributed by atoms with Crippen molar-refractivity contribution in [3.8, 4) is 0 Å². The molecule has 9 heteroatoms. The number of halogens is 2. The van der Waals surface area contributed by atoms with E-state index in [1.165, 1.54) is 48.2 Å². The van der Waals surface area contributed by atoms with Crippen molar-refractivity contribution in [3.63, 3.8) is 0 Å². The van der Waals surface area contributed by atoms with E-state index in [-0.39, 0.29) is 35.5 Å². The van der Waals surface area contributed by atoms with Gasteiger partial charge in [0.25, 0.3) is 0 Å². The molecule has 2 aliphatic rings. The van der Waals surface area contributed by atoms with Crippen molar-refractivity contribution in [2.24, 2.45) is 5.92 Å². The number of hydrogen-bond donors (Lipinski definition) is 1. The molecule has 0 aromatic heterocycles. The maximum atomic E-state index is 14.0. The molecule has 0 saturated carbocycles. The monoisotopic (exact) mass is 487 g/mol. The number of piperidine rings is 2. The molecule has 2 fully saturated rings. The number of carbonyl (C=O) groups excluding carboxylic acids is 1. The molecule has 0 aliphatic carbocycles. The summed E-state index contributed by atoms with van der Waals surface area (Å²) in [5, 5.41) is 3.14.